The molecule has 0 N–H and O–H groups in total. The number of rotatable bonds is 11. The molecule has 10 bridgehead atoms. The van der Waals surface area contributed by atoms with Crippen molar-refractivity contribution in [3.8, 4) is 0 Å². The third-order valence-corrected chi connectivity index (χ3v) is 16.3. The van der Waals surface area contributed by atoms with Crippen molar-refractivity contribution in [2.75, 3.05) is 7.11 Å². The van der Waals surface area contributed by atoms with E-state index >= 15 is 0 Å². The van der Waals surface area contributed by atoms with Gasteiger partial charge in [0.25, 0.3) is 0 Å². The van der Waals surface area contributed by atoms with Gasteiger partial charge in [-0.2, -0.15) is 0 Å². The second kappa shape index (κ2) is 11.5. The zero-order chi connectivity index (χ0) is 32.9. The van der Waals surface area contributed by atoms with Gasteiger partial charge in [-0.1, -0.05) is 26.5 Å². The fourth-order valence-corrected chi connectivity index (χ4v) is 14.6. The van der Waals surface area contributed by atoms with Crippen LogP contribution in [0.25, 0.3) is 0 Å². The van der Waals surface area contributed by atoms with E-state index in [1.165, 1.54) is 71.3 Å². The Morgan fingerprint density at radius 2 is 1.34 bits per heavy atom. The maximum Gasteiger partial charge on any atom is 0.334 e. The van der Waals surface area contributed by atoms with Gasteiger partial charge in [0.15, 0.2) is 0 Å². The van der Waals surface area contributed by atoms with Gasteiger partial charge in [0.1, 0.15) is 11.2 Å². The van der Waals surface area contributed by atoms with Crippen LogP contribution in [-0.4, -0.2) is 36.2 Å². The first-order chi connectivity index (χ1) is 22.5. The predicted octanol–water partition coefficient (Wildman–Crippen LogP) is 8.38. The molecule has 10 aliphatic rings. The minimum atomic E-state index is -0.496. The Balaban J connectivity index is 0.956. The largest absolute Gasteiger partial charge is 0.469 e. The van der Waals surface area contributed by atoms with Gasteiger partial charge in [0.2, 0.25) is 0 Å². The van der Waals surface area contributed by atoms with Crippen LogP contribution < -0.4 is 0 Å². The van der Waals surface area contributed by atoms with Crippen LogP contribution in [0, 0.1) is 70.5 Å². The van der Waals surface area contributed by atoms with Crippen molar-refractivity contribution < 1.29 is 28.6 Å². The first kappa shape index (κ1) is 32.1. The third-order valence-electron chi connectivity index (χ3n) is 16.3. The number of methoxy groups -OCH3 is 1. The van der Waals surface area contributed by atoms with Crippen molar-refractivity contribution in [2.45, 2.75) is 134 Å². The first-order valence-electron chi connectivity index (χ1n) is 19.3. The molecule has 0 aliphatic heterocycles. The predicted molar refractivity (Wildman–Crippen MR) is 179 cm³/mol. The highest BCUT2D eigenvalue weighted by Crippen LogP contribution is 2.69. The van der Waals surface area contributed by atoms with Gasteiger partial charge in [0, 0.05) is 22.5 Å². The van der Waals surface area contributed by atoms with Crippen LogP contribution >= 0.6 is 0 Å². The summed E-state index contributed by atoms with van der Waals surface area (Å²) in [6.07, 6.45) is 18.7. The van der Waals surface area contributed by atoms with Crippen LogP contribution in [0.15, 0.2) is 24.3 Å². The maximum atomic E-state index is 14.3. The number of ether oxygens (including phenoxy) is 3. The number of carbonyl (C=O) groups is 3. The summed E-state index contributed by atoms with van der Waals surface area (Å²) in [5.74, 6) is 5.56. The molecule has 4 unspecified atom stereocenters. The minimum Gasteiger partial charge on any atom is -0.469 e. The lowest BCUT2D eigenvalue weighted by molar-refractivity contribution is -0.224. The summed E-state index contributed by atoms with van der Waals surface area (Å²) in [7, 11) is 1.32. The number of hydrogen-bond donors (Lipinski definition) is 0. The van der Waals surface area contributed by atoms with Crippen LogP contribution in [0.1, 0.15) is 123 Å². The van der Waals surface area contributed by atoms with E-state index in [2.05, 4.69) is 27.0 Å². The Morgan fingerprint density at radius 3 is 1.83 bits per heavy atom. The highest BCUT2D eigenvalue weighted by molar-refractivity contribution is 5.93. The molecule has 0 amide bonds. The minimum absolute atomic E-state index is 0.110. The van der Waals surface area contributed by atoms with Crippen molar-refractivity contribution in [1.29, 1.82) is 0 Å². The second-order valence-electron chi connectivity index (χ2n) is 18.4. The molecule has 4 atom stereocenters. The topological polar surface area (TPSA) is 78.9 Å². The van der Waals surface area contributed by atoms with E-state index in [-0.39, 0.29) is 29.0 Å². The number of hydrogen-bond acceptors (Lipinski definition) is 6. The molecule has 0 heterocycles. The maximum absolute atomic E-state index is 14.3. The summed E-state index contributed by atoms with van der Waals surface area (Å²) in [4.78, 5) is 39.2. The van der Waals surface area contributed by atoms with Crippen LogP contribution in [0.4, 0.5) is 0 Å². The molecule has 0 aromatic heterocycles. The monoisotopic (exact) mass is 646 g/mol. The van der Waals surface area contributed by atoms with Crippen molar-refractivity contribution >= 4 is 17.9 Å². The van der Waals surface area contributed by atoms with Crippen molar-refractivity contribution in [2.24, 2.45) is 70.5 Å². The van der Waals surface area contributed by atoms with Gasteiger partial charge in [-0.05, 0) is 162 Å². The molecular formula is C41H58O6. The molecule has 0 aromatic carbocycles. The van der Waals surface area contributed by atoms with Gasteiger partial charge in [0.05, 0.1) is 13.5 Å². The van der Waals surface area contributed by atoms with E-state index in [1.807, 2.05) is 0 Å². The lowest BCUT2D eigenvalue weighted by Gasteiger charge is -2.64. The zero-order valence-electron chi connectivity index (χ0n) is 29.2. The van der Waals surface area contributed by atoms with Crippen molar-refractivity contribution in [3.05, 3.63) is 24.3 Å². The van der Waals surface area contributed by atoms with E-state index in [9.17, 15) is 14.4 Å². The molecule has 0 aromatic rings. The van der Waals surface area contributed by atoms with Gasteiger partial charge in [-0.25, -0.2) is 9.59 Å². The fourth-order valence-electron chi connectivity index (χ4n) is 14.6. The SMILES string of the molecule is C=C(CC(=O)OC)C(=O)OC1(CC)C2CC3CC1CC(C2)C3CC(=C)C(=O)OC(C)(C1CC2CCC1C2)C12CC3CC(CC(C3)C1)C2. The summed E-state index contributed by atoms with van der Waals surface area (Å²) >= 11 is 0. The van der Waals surface area contributed by atoms with Gasteiger partial charge in [-0.15, -0.1) is 0 Å². The second-order valence-corrected chi connectivity index (χ2v) is 18.4. The van der Waals surface area contributed by atoms with Gasteiger partial charge >= 0.3 is 17.9 Å². The van der Waals surface area contributed by atoms with Crippen molar-refractivity contribution in [1.82, 2.24) is 0 Å². The summed E-state index contributed by atoms with van der Waals surface area (Å²) in [6, 6.07) is 0. The first-order valence-corrected chi connectivity index (χ1v) is 19.3. The van der Waals surface area contributed by atoms with E-state index in [1.54, 1.807) is 0 Å². The Morgan fingerprint density at radius 1 is 0.745 bits per heavy atom. The molecule has 10 rings (SSSR count). The Bertz CT molecular complexity index is 1280. The van der Waals surface area contributed by atoms with Gasteiger partial charge in [-0.3, -0.25) is 4.79 Å². The summed E-state index contributed by atoms with van der Waals surface area (Å²) in [5.41, 5.74) is 0.129. The molecule has 10 saturated carbocycles. The Labute approximate surface area is 282 Å². The van der Waals surface area contributed by atoms with Crippen molar-refractivity contribution in [3.63, 3.8) is 0 Å². The molecule has 258 valence electrons. The molecule has 0 radical (unpaired) electrons. The quantitative estimate of drug-likeness (QED) is 0.128. The molecule has 6 heteroatoms. The Hall–Kier alpha value is -2.11. The standard InChI is InChI=1S/C41H58O6/c1-6-41(47-38(44)24(3)10-36(42)45-5)32-16-30-17-33(41)19-31(18-32)34(30)9-23(2)37(43)46-39(4,35-15-25-7-8-29(35)14-25)40-20-26-11-27(21-40)13-28(12-26)22-40/h25-35H,2-3,6-22H2,1,4-5H3. The summed E-state index contributed by atoms with van der Waals surface area (Å²) < 4.78 is 18.1. The van der Waals surface area contributed by atoms with Crippen LogP contribution in [-0.2, 0) is 28.6 Å². The van der Waals surface area contributed by atoms with E-state index in [4.69, 9.17) is 14.2 Å². The normalized spacial score (nSPS) is 46.2. The average molecular weight is 647 g/mol. The lowest BCUT2D eigenvalue weighted by atomic mass is 9.43. The lowest BCUT2D eigenvalue weighted by Crippen LogP contribution is -2.62. The highest BCUT2D eigenvalue weighted by atomic mass is 16.6. The molecule has 47 heavy (non-hydrogen) atoms. The number of fused-ring (bicyclic) bond motifs is 2. The smallest absolute Gasteiger partial charge is 0.334 e. The summed E-state index contributed by atoms with van der Waals surface area (Å²) in [6.45, 7) is 12.8. The average Bonchev–Trinajstić information content (AvgIpc) is 3.67. The third kappa shape index (κ3) is 5.02. The van der Waals surface area contributed by atoms with E-state index in [0.717, 1.165) is 62.2 Å². The van der Waals surface area contributed by atoms with Crippen LogP contribution in [0.2, 0.25) is 0 Å². The fraction of sp³-hybridized carbons (Fsp3) is 0.829. The van der Waals surface area contributed by atoms with Crippen LogP contribution in [0.5, 0.6) is 0 Å². The molecule has 0 spiro atoms. The van der Waals surface area contributed by atoms with Crippen LogP contribution in [0.3, 0.4) is 0 Å². The Kier molecular flexibility index (Phi) is 7.84. The highest BCUT2D eigenvalue weighted by Gasteiger charge is 2.66. The summed E-state index contributed by atoms with van der Waals surface area (Å²) in [5, 5.41) is 0. The zero-order valence-corrected chi connectivity index (χ0v) is 29.2. The number of esters is 3. The molecule has 10 fully saturated rings. The van der Waals surface area contributed by atoms with E-state index in [0.29, 0.717) is 47.0 Å². The molecular weight excluding hydrogens is 588 g/mol. The number of carbonyl (C=O) groups excluding carboxylic acids is 3. The molecule has 10 aliphatic carbocycles. The molecule has 6 nitrogen and oxygen atoms in total. The van der Waals surface area contributed by atoms with E-state index < -0.39 is 17.5 Å². The molecule has 0 saturated heterocycles. The van der Waals surface area contributed by atoms with Gasteiger partial charge < -0.3 is 14.2 Å².